The zero-order valence-corrected chi connectivity index (χ0v) is 8.39. The van der Waals surface area contributed by atoms with Crippen LogP contribution >= 0.6 is 0 Å². The summed E-state index contributed by atoms with van der Waals surface area (Å²) < 4.78 is 0. The van der Waals surface area contributed by atoms with E-state index in [2.05, 4.69) is 5.32 Å². The number of hydrogen-bond acceptors (Lipinski definition) is 2. The highest BCUT2D eigenvalue weighted by molar-refractivity contribution is 4.93. The van der Waals surface area contributed by atoms with Crippen molar-refractivity contribution in [3.05, 3.63) is 0 Å². The van der Waals surface area contributed by atoms with E-state index in [4.69, 9.17) is 0 Å². The molecule has 0 spiro atoms. The lowest BCUT2D eigenvalue weighted by Gasteiger charge is -2.44. The second-order valence-corrected chi connectivity index (χ2v) is 4.97. The predicted molar refractivity (Wildman–Crippen MR) is 53.6 cm³/mol. The predicted octanol–water partition coefficient (Wildman–Crippen LogP) is 1.54. The highest BCUT2D eigenvalue weighted by Crippen LogP contribution is 2.36. The van der Waals surface area contributed by atoms with Crippen LogP contribution in [0.5, 0.6) is 0 Å². The summed E-state index contributed by atoms with van der Waals surface area (Å²) in [6, 6.07) is 0. The van der Waals surface area contributed by atoms with Crippen LogP contribution in [-0.2, 0) is 0 Å². The van der Waals surface area contributed by atoms with Gasteiger partial charge in [0.15, 0.2) is 0 Å². The van der Waals surface area contributed by atoms with E-state index in [9.17, 15) is 5.11 Å². The van der Waals surface area contributed by atoms with Gasteiger partial charge in [0.1, 0.15) is 0 Å². The number of hydrogen-bond donors (Lipinski definition) is 2. The molecule has 1 saturated heterocycles. The van der Waals surface area contributed by atoms with E-state index in [1.54, 1.807) is 0 Å². The summed E-state index contributed by atoms with van der Waals surface area (Å²) in [7, 11) is 0. The fraction of sp³-hybridized carbons (Fsp3) is 1.00. The van der Waals surface area contributed by atoms with Crippen LogP contribution in [0, 0.1) is 11.3 Å². The zero-order valence-electron chi connectivity index (χ0n) is 8.39. The van der Waals surface area contributed by atoms with Gasteiger partial charge in [-0.05, 0) is 12.3 Å². The van der Waals surface area contributed by atoms with Gasteiger partial charge >= 0.3 is 0 Å². The Morgan fingerprint density at radius 2 is 1.85 bits per heavy atom. The SMILES string of the molecule is OCC1(CC2CCCCC2)CNC1. The van der Waals surface area contributed by atoms with E-state index in [1.807, 2.05) is 0 Å². The van der Waals surface area contributed by atoms with Crippen molar-refractivity contribution in [1.82, 2.24) is 5.32 Å². The van der Waals surface area contributed by atoms with Gasteiger partial charge in [-0.15, -0.1) is 0 Å². The fourth-order valence-corrected chi connectivity index (χ4v) is 2.80. The topological polar surface area (TPSA) is 32.3 Å². The van der Waals surface area contributed by atoms with Crippen molar-refractivity contribution in [2.24, 2.45) is 11.3 Å². The summed E-state index contributed by atoms with van der Waals surface area (Å²) >= 11 is 0. The van der Waals surface area contributed by atoms with E-state index in [-0.39, 0.29) is 5.41 Å². The molecule has 13 heavy (non-hydrogen) atoms. The standard InChI is InChI=1S/C11H21NO/c13-9-11(7-12-8-11)6-10-4-2-1-3-5-10/h10,12-13H,1-9H2. The first-order valence-electron chi connectivity index (χ1n) is 5.66. The smallest absolute Gasteiger partial charge is 0.0511 e. The third-order valence-corrected chi connectivity index (χ3v) is 3.78. The number of rotatable bonds is 3. The first-order chi connectivity index (χ1) is 6.35. The third kappa shape index (κ3) is 2.05. The Hall–Kier alpha value is -0.0800. The largest absolute Gasteiger partial charge is 0.396 e. The Morgan fingerprint density at radius 1 is 1.15 bits per heavy atom. The van der Waals surface area contributed by atoms with E-state index in [0.29, 0.717) is 6.61 Å². The molecule has 2 nitrogen and oxygen atoms in total. The summed E-state index contributed by atoms with van der Waals surface area (Å²) in [6.45, 7) is 2.47. The average molecular weight is 183 g/mol. The molecule has 2 rings (SSSR count). The average Bonchev–Trinajstić information content (AvgIpc) is 2.13. The van der Waals surface area contributed by atoms with Crippen molar-refractivity contribution in [1.29, 1.82) is 0 Å². The molecule has 1 aliphatic carbocycles. The Bertz CT molecular complexity index is 154. The number of nitrogens with one attached hydrogen (secondary N) is 1. The molecule has 2 heteroatoms. The Labute approximate surface area is 80.7 Å². The van der Waals surface area contributed by atoms with E-state index < -0.39 is 0 Å². The molecule has 0 atom stereocenters. The molecular weight excluding hydrogens is 162 g/mol. The minimum Gasteiger partial charge on any atom is -0.396 e. The fourth-order valence-electron chi connectivity index (χ4n) is 2.80. The van der Waals surface area contributed by atoms with E-state index in [1.165, 1.54) is 38.5 Å². The second-order valence-electron chi connectivity index (χ2n) is 4.97. The molecule has 0 aromatic rings. The molecule has 76 valence electrons. The lowest BCUT2D eigenvalue weighted by Crippen LogP contribution is -2.56. The Kier molecular flexibility index (Phi) is 2.89. The van der Waals surface area contributed by atoms with Crippen molar-refractivity contribution in [2.75, 3.05) is 19.7 Å². The maximum absolute atomic E-state index is 9.33. The van der Waals surface area contributed by atoms with Gasteiger partial charge in [-0.25, -0.2) is 0 Å². The van der Waals surface area contributed by atoms with Crippen LogP contribution in [0.3, 0.4) is 0 Å². The third-order valence-electron chi connectivity index (χ3n) is 3.78. The van der Waals surface area contributed by atoms with Gasteiger partial charge in [-0.2, -0.15) is 0 Å². The molecule has 1 saturated carbocycles. The quantitative estimate of drug-likeness (QED) is 0.695. The molecule has 0 bridgehead atoms. The maximum atomic E-state index is 9.33. The van der Waals surface area contributed by atoms with Gasteiger partial charge in [0.05, 0.1) is 6.61 Å². The normalized spacial score (nSPS) is 28.4. The summed E-state index contributed by atoms with van der Waals surface area (Å²) in [5.74, 6) is 0.906. The van der Waals surface area contributed by atoms with E-state index in [0.717, 1.165) is 19.0 Å². The molecule has 0 aromatic heterocycles. The maximum Gasteiger partial charge on any atom is 0.0511 e. The molecule has 2 aliphatic rings. The lowest BCUT2D eigenvalue weighted by molar-refractivity contribution is 0.0369. The first-order valence-corrected chi connectivity index (χ1v) is 5.66. The van der Waals surface area contributed by atoms with Crippen LogP contribution in [-0.4, -0.2) is 24.8 Å². The van der Waals surface area contributed by atoms with Gasteiger partial charge in [0.25, 0.3) is 0 Å². The molecule has 1 aliphatic heterocycles. The molecule has 0 radical (unpaired) electrons. The van der Waals surface area contributed by atoms with Gasteiger partial charge < -0.3 is 10.4 Å². The molecular formula is C11H21NO. The zero-order chi connectivity index (χ0) is 9.15. The molecule has 1 heterocycles. The van der Waals surface area contributed by atoms with Crippen LogP contribution in [0.4, 0.5) is 0 Å². The first kappa shape index (κ1) is 9.47. The van der Waals surface area contributed by atoms with Gasteiger partial charge in [0.2, 0.25) is 0 Å². The van der Waals surface area contributed by atoms with Crippen molar-refractivity contribution in [2.45, 2.75) is 38.5 Å². The number of aliphatic hydroxyl groups is 1. The Morgan fingerprint density at radius 3 is 2.31 bits per heavy atom. The van der Waals surface area contributed by atoms with Crippen molar-refractivity contribution >= 4 is 0 Å². The lowest BCUT2D eigenvalue weighted by atomic mass is 9.71. The summed E-state index contributed by atoms with van der Waals surface area (Å²) in [5.41, 5.74) is 0.266. The van der Waals surface area contributed by atoms with Crippen molar-refractivity contribution in [3.63, 3.8) is 0 Å². The number of aliphatic hydroxyl groups excluding tert-OH is 1. The van der Waals surface area contributed by atoms with Crippen LogP contribution in [0.25, 0.3) is 0 Å². The van der Waals surface area contributed by atoms with Gasteiger partial charge in [-0.3, -0.25) is 0 Å². The summed E-state index contributed by atoms with van der Waals surface area (Å²) in [6.07, 6.45) is 8.33. The highest BCUT2D eigenvalue weighted by Gasteiger charge is 2.38. The monoisotopic (exact) mass is 183 g/mol. The van der Waals surface area contributed by atoms with E-state index >= 15 is 0 Å². The highest BCUT2D eigenvalue weighted by atomic mass is 16.3. The summed E-state index contributed by atoms with van der Waals surface area (Å²) in [5, 5.41) is 12.6. The minimum absolute atomic E-state index is 0.266. The second kappa shape index (κ2) is 3.97. The molecule has 2 N–H and O–H groups in total. The molecule has 0 amide bonds. The summed E-state index contributed by atoms with van der Waals surface area (Å²) in [4.78, 5) is 0. The van der Waals surface area contributed by atoms with Crippen LogP contribution < -0.4 is 5.32 Å². The van der Waals surface area contributed by atoms with Gasteiger partial charge in [-0.1, -0.05) is 32.1 Å². The molecule has 0 aromatic carbocycles. The Balaban J connectivity index is 1.81. The van der Waals surface area contributed by atoms with Crippen LogP contribution in [0.1, 0.15) is 38.5 Å². The molecule has 0 unspecified atom stereocenters. The van der Waals surface area contributed by atoms with Crippen LogP contribution in [0.15, 0.2) is 0 Å². The van der Waals surface area contributed by atoms with Crippen molar-refractivity contribution < 1.29 is 5.11 Å². The van der Waals surface area contributed by atoms with Crippen LogP contribution in [0.2, 0.25) is 0 Å². The minimum atomic E-state index is 0.266. The van der Waals surface area contributed by atoms with Crippen molar-refractivity contribution in [3.8, 4) is 0 Å². The van der Waals surface area contributed by atoms with Gasteiger partial charge in [0, 0.05) is 18.5 Å². The molecule has 2 fully saturated rings.